The summed E-state index contributed by atoms with van der Waals surface area (Å²) in [6.07, 6.45) is 0.982. The quantitative estimate of drug-likeness (QED) is 0.311. The number of esters is 2. The zero-order valence-corrected chi connectivity index (χ0v) is 16.2. The molecule has 2 unspecified atom stereocenters. The SMILES string of the molecule is CC(OC(=O)C(C)C)OC(=O)C(N)[C@H]1CC[C@H](C(=O)[O-])CC1.[Na+]. The minimum Gasteiger partial charge on any atom is -0.550 e. The van der Waals surface area contributed by atoms with Crippen LogP contribution in [0.25, 0.3) is 0 Å². The Hall–Kier alpha value is -0.630. The van der Waals surface area contributed by atoms with Gasteiger partial charge < -0.3 is 25.1 Å². The van der Waals surface area contributed by atoms with Crippen LogP contribution in [0, 0.1) is 17.8 Å². The molecule has 0 radical (unpaired) electrons. The molecule has 0 amide bonds. The van der Waals surface area contributed by atoms with E-state index in [4.69, 9.17) is 15.2 Å². The molecule has 23 heavy (non-hydrogen) atoms. The van der Waals surface area contributed by atoms with E-state index in [-0.39, 0.29) is 41.4 Å². The van der Waals surface area contributed by atoms with Crippen molar-refractivity contribution in [1.82, 2.24) is 0 Å². The molecule has 0 bridgehead atoms. The van der Waals surface area contributed by atoms with Crippen molar-refractivity contribution in [3.63, 3.8) is 0 Å². The van der Waals surface area contributed by atoms with Crippen molar-refractivity contribution in [2.24, 2.45) is 23.5 Å². The van der Waals surface area contributed by atoms with Crippen LogP contribution in [0.1, 0.15) is 46.5 Å². The molecule has 0 aromatic heterocycles. The normalized spacial score (nSPS) is 23.3. The number of carbonyl (C=O) groups excluding carboxylic acids is 3. The third kappa shape index (κ3) is 7.20. The fourth-order valence-corrected chi connectivity index (χ4v) is 2.47. The van der Waals surface area contributed by atoms with E-state index in [1.54, 1.807) is 13.8 Å². The van der Waals surface area contributed by atoms with E-state index in [0.29, 0.717) is 25.7 Å². The van der Waals surface area contributed by atoms with E-state index < -0.39 is 36.2 Å². The second-order valence-electron chi connectivity index (χ2n) is 6.05. The van der Waals surface area contributed by atoms with Crippen LogP contribution in [-0.4, -0.2) is 30.2 Å². The second-order valence-corrected chi connectivity index (χ2v) is 6.05. The molecule has 2 atom stereocenters. The van der Waals surface area contributed by atoms with Crippen LogP contribution in [0.2, 0.25) is 0 Å². The molecular formula is C15H24NNaO6. The zero-order valence-electron chi connectivity index (χ0n) is 14.2. The summed E-state index contributed by atoms with van der Waals surface area (Å²) in [5, 5.41) is 10.8. The molecule has 7 nitrogen and oxygen atoms in total. The van der Waals surface area contributed by atoms with E-state index in [1.807, 2.05) is 0 Å². The first-order chi connectivity index (χ1) is 10.2. The van der Waals surface area contributed by atoms with Crippen LogP contribution in [0.4, 0.5) is 0 Å². The molecular weight excluding hydrogens is 313 g/mol. The van der Waals surface area contributed by atoms with Crippen LogP contribution in [0.3, 0.4) is 0 Å². The van der Waals surface area contributed by atoms with Gasteiger partial charge in [-0.25, -0.2) is 0 Å². The Labute approximate surface area is 158 Å². The molecule has 1 saturated carbocycles. The average molecular weight is 337 g/mol. The number of hydrogen-bond donors (Lipinski definition) is 1. The van der Waals surface area contributed by atoms with Gasteiger partial charge in [0.15, 0.2) is 0 Å². The summed E-state index contributed by atoms with van der Waals surface area (Å²) in [6, 6.07) is -0.845. The van der Waals surface area contributed by atoms with Crippen molar-refractivity contribution < 1.29 is 58.5 Å². The summed E-state index contributed by atoms with van der Waals surface area (Å²) in [5.41, 5.74) is 5.87. The first-order valence-electron chi connectivity index (χ1n) is 7.59. The number of hydrogen-bond acceptors (Lipinski definition) is 7. The minimum absolute atomic E-state index is 0. The Bertz CT molecular complexity index is 420. The number of carboxylic acids is 1. The molecule has 0 saturated heterocycles. The molecule has 8 heteroatoms. The van der Waals surface area contributed by atoms with Gasteiger partial charge in [-0.2, -0.15) is 0 Å². The van der Waals surface area contributed by atoms with Crippen molar-refractivity contribution in [3.05, 3.63) is 0 Å². The summed E-state index contributed by atoms with van der Waals surface area (Å²) >= 11 is 0. The molecule has 1 aliphatic rings. The first-order valence-corrected chi connectivity index (χ1v) is 7.59. The Morgan fingerprint density at radius 2 is 1.48 bits per heavy atom. The summed E-state index contributed by atoms with van der Waals surface area (Å²) in [5.74, 6) is -3.05. The molecule has 0 heterocycles. The Balaban J connectivity index is 0.00000484. The third-order valence-corrected chi connectivity index (χ3v) is 3.92. The van der Waals surface area contributed by atoms with Crippen molar-refractivity contribution in [2.75, 3.05) is 0 Å². The maximum Gasteiger partial charge on any atom is 1.00 e. The number of rotatable bonds is 6. The molecule has 0 aromatic carbocycles. The van der Waals surface area contributed by atoms with Gasteiger partial charge in [-0.3, -0.25) is 9.59 Å². The van der Waals surface area contributed by atoms with Gasteiger partial charge in [0.05, 0.1) is 5.92 Å². The topological polar surface area (TPSA) is 119 Å². The largest absolute Gasteiger partial charge is 1.00 e. The summed E-state index contributed by atoms with van der Waals surface area (Å²) < 4.78 is 9.97. The molecule has 1 aliphatic carbocycles. The van der Waals surface area contributed by atoms with Crippen LogP contribution in [-0.2, 0) is 23.9 Å². The summed E-state index contributed by atoms with van der Waals surface area (Å²) in [7, 11) is 0. The Kier molecular flexibility index (Phi) is 10.00. The predicted molar refractivity (Wildman–Crippen MR) is 74.9 cm³/mol. The van der Waals surface area contributed by atoms with Gasteiger partial charge in [0.1, 0.15) is 6.04 Å². The van der Waals surface area contributed by atoms with E-state index in [1.165, 1.54) is 6.92 Å². The number of nitrogens with two attached hydrogens (primary N) is 1. The van der Waals surface area contributed by atoms with E-state index in [2.05, 4.69) is 0 Å². The molecule has 2 N–H and O–H groups in total. The van der Waals surface area contributed by atoms with Gasteiger partial charge in [0.25, 0.3) is 0 Å². The number of aliphatic carboxylic acids is 1. The number of carboxylic acid groups (broad SMARTS) is 1. The molecule has 1 rings (SSSR count). The van der Waals surface area contributed by atoms with Gasteiger partial charge in [-0.05, 0) is 37.5 Å². The van der Waals surface area contributed by atoms with Gasteiger partial charge in [-0.1, -0.05) is 13.8 Å². The Morgan fingerprint density at radius 3 is 1.91 bits per heavy atom. The average Bonchev–Trinajstić information content (AvgIpc) is 2.46. The minimum atomic E-state index is -1.05. The van der Waals surface area contributed by atoms with Crippen LogP contribution in [0.5, 0.6) is 0 Å². The standard InChI is InChI=1S/C15H25NO6.Na/c1-8(2)14(19)21-9(3)22-15(20)12(16)10-4-6-11(7-5-10)13(17)18;/h8-12H,4-7,16H2,1-3H3,(H,17,18);/q;+1/p-1/t9?,10-,11-,12?;. The van der Waals surface area contributed by atoms with Gasteiger partial charge in [0, 0.05) is 12.9 Å². The first kappa shape index (κ1) is 22.4. The van der Waals surface area contributed by atoms with E-state index in [0.717, 1.165) is 0 Å². The molecule has 0 aliphatic heterocycles. The maximum absolute atomic E-state index is 12.0. The number of ether oxygens (including phenoxy) is 2. The van der Waals surface area contributed by atoms with E-state index in [9.17, 15) is 19.5 Å². The van der Waals surface area contributed by atoms with Crippen LogP contribution >= 0.6 is 0 Å². The van der Waals surface area contributed by atoms with Gasteiger partial charge in [0.2, 0.25) is 6.29 Å². The van der Waals surface area contributed by atoms with E-state index >= 15 is 0 Å². The van der Waals surface area contributed by atoms with Crippen LogP contribution in [0.15, 0.2) is 0 Å². The van der Waals surface area contributed by atoms with Crippen molar-refractivity contribution in [1.29, 1.82) is 0 Å². The zero-order chi connectivity index (χ0) is 16.9. The smallest absolute Gasteiger partial charge is 0.550 e. The summed E-state index contributed by atoms with van der Waals surface area (Å²) in [6.45, 7) is 4.81. The van der Waals surface area contributed by atoms with Crippen LogP contribution < -0.4 is 40.4 Å². The molecule has 0 spiro atoms. The fraction of sp³-hybridized carbons (Fsp3) is 0.800. The van der Waals surface area contributed by atoms with Gasteiger partial charge in [-0.15, -0.1) is 0 Å². The second kappa shape index (κ2) is 10.3. The predicted octanol–water partition coefficient (Wildman–Crippen LogP) is -3.04. The van der Waals surface area contributed by atoms with Crippen molar-refractivity contribution >= 4 is 17.9 Å². The summed E-state index contributed by atoms with van der Waals surface area (Å²) in [4.78, 5) is 34.1. The fourth-order valence-electron chi connectivity index (χ4n) is 2.47. The number of carbonyl (C=O) groups is 3. The monoisotopic (exact) mass is 337 g/mol. The molecule has 126 valence electrons. The molecule has 0 aromatic rings. The van der Waals surface area contributed by atoms with Crippen molar-refractivity contribution in [2.45, 2.75) is 58.8 Å². The Morgan fingerprint density at radius 1 is 1.00 bits per heavy atom. The third-order valence-electron chi connectivity index (χ3n) is 3.92. The molecule has 1 fully saturated rings. The maximum atomic E-state index is 12.0. The van der Waals surface area contributed by atoms with Gasteiger partial charge >= 0.3 is 41.5 Å². The van der Waals surface area contributed by atoms with Crippen molar-refractivity contribution in [3.8, 4) is 0 Å².